The molecule has 0 bridgehead atoms. The van der Waals surface area contributed by atoms with Gasteiger partial charge in [0.25, 0.3) is 0 Å². The monoisotopic (exact) mass is 230 g/mol. The highest BCUT2D eigenvalue weighted by Crippen LogP contribution is 2.19. The Morgan fingerprint density at radius 3 is 3.18 bits per heavy atom. The molecule has 2 aromatic rings. The summed E-state index contributed by atoms with van der Waals surface area (Å²) < 4.78 is 2.17. The Bertz CT molecular complexity index is 587. The third-order valence-electron chi connectivity index (χ3n) is 3.13. The van der Waals surface area contributed by atoms with Crippen molar-refractivity contribution >= 4 is 16.9 Å². The van der Waals surface area contributed by atoms with Gasteiger partial charge in [0.2, 0.25) is 5.91 Å². The van der Waals surface area contributed by atoms with Crippen LogP contribution in [0.1, 0.15) is 22.6 Å². The average Bonchev–Trinajstić information content (AvgIpc) is 2.51. The fourth-order valence-corrected chi connectivity index (χ4v) is 2.27. The van der Waals surface area contributed by atoms with Crippen LogP contribution in [0.15, 0.2) is 18.2 Å². The van der Waals surface area contributed by atoms with Crippen molar-refractivity contribution in [1.29, 1.82) is 0 Å². The molecular weight excluding hydrogens is 216 g/mol. The number of aromatic nitrogens is 2. The van der Waals surface area contributed by atoms with E-state index in [-0.39, 0.29) is 0 Å². The molecule has 0 spiro atoms. The van der Waals surface area contributed by atoms with Crippen molar-refractivity contribution in [2.24, 2.45) is 5.73 Å². The van der Waals surface area contributed by atoms with E-state index in [9.17, 15) is 4.79 Å². The number of nitrogens with one attached hydrogen (secondary N) is 1. The minimum Gasteiger partial charge on any atom is -0.366 e. The van der Waals surface area contributed by atoms with Crippen molar-refractivity contribution in [1.82, 2.24) is 14.9 Å². The Kier molecular flexibility index (Phi) is 2.33. The quantitative estimate of drug-likeness (QED) is 0.754. The first-order valence-corrected chi connectivity index (χ1v) is 5.75. The fourth-order valence-electron chi connectivity index (χ4n) is 2.27. The second-order valence-corrected chi connectivity index (χ2v) is 4.28. The normalized spacial score (nSPS) is 15.5. The summed E-state index contributed by atoms with van der Waals surface area (Å²) in [5.74, 6) is 0.633. The van der Waals surface area contributed by atoms with Gasteiger partial charge in [-0.15, -0.1) is 0 Å². The number of hydrogen-bond donors (Lipinski definition) is 2. The van der Waals surface area contributed by atoms with Gasteiger partial charge in [0.1, 0.15) is 5.82 Å². The van der Waals surface area contributed by atoms with Crippen molar-refractivity contribution in [3.63, 3.8) is 0 Å². The highest BCUT2D eigenvalue weighted by atomic mass is 16.1. The molecule has 1 aliphatic rings. The predicted molar refractivity (Wildman–Crippen MR) is 64.6 cm³/mol. The summed E-state index contributed by atoms with van der Waals surface area (Å²) in [5.41, 5.74) is 7.76. The Morgan fingerprint density at radius 1 is 1.47 bits per heavy atom. The van der Waals surface area contributed by atoms with E-state index in [1.807, 2.05) is 12.1 Å². The lowest BCUT2D eigenvalue weighted by Gasteiger charge is -2.04. The molecule has 0 unspecified atom stereocenters. The molecule has 0 saturated heterocycles. The van der Waals surface area contributed by atoms with Gasteiger partial charge in [-0.25, -0.2) is 4.98 Å². The third kappa shape index (κ3) is 1.68. The number of nitrogens with zero attached hydrogens (tertiary/aromatic N) is 2. The number of imidazole rings is 1. The van der Waals surface area contributed by atoms with E-state index in [0.29, 0.717) is 5.56 Å². The summed E-state index contributed by atoms with van der Waals surface area (Å²) >= 11 is 0. The number of nitrogens with two attached hydrogens (primary N) is 1. The molecule has 0 fully saturated rings. The van der Waals surface area contributed by atoms with Crippen LogP contribution >= 0.6 is 0 Å². The van der Waals surface area contributed by atoms with Gasteiger partial charge in [-0.1, -0.05) is 0 Å². The minimum atomic E-state index is -0.394. The van der Waals surface area contributed by atoms with E-state index in [0.717, 1.165) is 42.9 Å². The van der Waals surface area contributed by atoms with E-state index in [1.165, 1.54) is 0 Å². The molecule has 2 heterocycles. The maximum atomic E-state index is 11.2. The lowest BCUT2D eigenvalue weighted by Crippen LogP contribution is -2.12. The zero-order valence-corrected chi connectivity index (χ0v) is 9.44. The molecule has 1 aliphatic heterocycles. The molecule has 1 aromatic carbocycles. The molecule has 1 amide bonds. The highest BCUT2D eigenvalue weighted by Gasteiger charge is 2.14. The van der Waals surface area contributed by atoms with Gasteiger partial charge < -0.3 is 15.6 Å². The van der Waals surface area contributed by atoms with Crippen LogP contribution in [0.4, 0.5) is 0 Å². The van der Waals surface area contributed by atoms with Crippen LogP contribution in [0, 0.1) is 0 Å². The smallest absolute Gasteiger partial charge is 0.248 e. The number of aryl methyl sites for hydroxylation is 1. The second-order valence-electron chi connectivity index (χ2n) is 4.28. The van der Waals surface area contributed by atoms with Crippen LogP contribution in [0.3, 0.4) is 0 Å². The van der Waals surface area contributed by atoms with Crippen molar-refractivity contribution < 1.29 is 4.79 Å². The van der Waals surface area contributed by atoms with Gasteiger partial charge in [0, 0.05) is 12.1 Å². The van der Waals surface area contributed by atoms with E-state index >= 15 is 0 Å². The fraction of sp³-hybridized carbons (Fsp3) is 0.333. The predicted octanol–water partition coefficient (Wildman–Crippen LogP) is 0.628. The lowest BCUT2D eigenvalue weighted by molar-refractivity contribution is 0.100. The Morgan fingerprint density at radius 2 is 2.35 bits per heavy atom. The number of rotatable bonds is 1. The largest absolute Gasteiger partial charge is 0.366 e. The Labute approximate surface area is 98.6 Å². The van der Waals surface area contributed by atoms with Gasteiger partial charge in [-0.05, 0) is 31.2 Å². The number of primary amides is 1. The van der Waals surface area contributed by atoms with E-state index in [4.69, 9.17) is 5.73 Å². The molecule has 5 nitrogen and oxygen atoms in total. The molecule has 3 N–H and O–H groups in total. The minimum absolute atomic E-state index is 0.394. The lowest BCUT2D eigenvalue weighted by atomic mass is 10.2. The second kappa shape index (κ2) is 3.85. The van der Waals surface area contributed by atoms with Crippen molar-refractivity contribution in [2.75, 3.05) is 6.54 Å². The van der Waals surface area contributed by atoms with E-state index in [1.54, 1.807) is 6.07 Å². The summed E-state index contributed by atoms with van der Waals surface area (Å²) in [5, 5.41) is 3.33. The highest BCUT2D eigenvalue weighted by molar-refractivity contribution is 5.96. The average molecular weight is 230 g/mol. The van der Waals surface area contributed by atoms with Crippen molar-refractivity contribution in [3.8, 4) is 0 Å². The molecule has 3 rings (SSSR count). The summed E-state index contributed by atoms with van der Waals surface area (Å²) in [6.07, 6.45) is 1.07. The Hall–Kier alpha value is -1.88. The number of hydrogen-bond acceptors (Lipinski definition) is 3. The van der Waals surface area contributed by atoms with Gasteiger partial charge in [0.15, 0.2) is 0 Å². The standard InChI is InChI=1S/C12H14N4O/c13-12(17)8-2-3-9-10(6-8)16-5-1-4-14-7-11(16)15-9/h2-3,6,14H,1,4-5,7H2,(H2,13,17). The SMILES string of the molecule is NC(=O)c1ccc2nc3n(c2c1)CCCNC3. The maximum Gasteiger partial charge on any atom is 0.248 e. The molecule has 88 valence electrons. The third-order valence-corrected chi connectivity index (χ3v) is 3.13. The molecule has 0 atom stereocenters. The van der Waals surface area contributed by atoms with E-state index in [2.05, 4.69) is 14.9 Å². The first-order chi connectivity index (χ1) is 8.25. The molecular formula is C12H14N4O. The summed E-state index contributed by atoms with van der Waals surface area (Å²) in [6.45, 7) is 2.71. The first kappa shape index (κ1) is 10.3. The molecule has 0 aliphatic carbocycles. The zero-order valence-electron chi connectivity index (χ0n) is 9.44. The molecule has 0 saturated carbocycles. The van der Waals surface area contributed by atoms with Crippen LogP contribution < -0.4 is 11.1 Å². The van der Waals surface area contributed by atoms with Crippen LogP contribution in [0.5, 0.6) is 0 Å². The van der Waals surface area contributed by atoms with Crippen LogP contribution in [-0.2, 0) is 13.1 Å². The van der Waals surface area contributed by atoms with Crippen LogP contribution in [0.25, 0.3) is 11.0 Å². The van der Waals surface area contributed by atoms with Crippen LogP contribution in [-0.4, -0.2) is 22.0 Å². The Balaban J connectivity index is 2.20. The number of carbonyl (C=O) groups excluding carboxylic acids is 1. The zero-order chi connectivity index (χ0) is 11.8. The van der Waals surface area contributed by atoms with Crippen LogP contribution in [0.2, 0.25) is 0 Å². The summed E-state index contributed by atoms with van der Waals surface area (Å²) in [4.78, 5) is 15.7. The summed E-state index contributed by atoms with van der Waals surface area (Å²) in [7, 11) is 0. The topological polar surface area (TPSA) is 72.9 Å². The van der Waals surface area contributed by atoms with Crippen molar-refractivity contribution in [3.05, 3.63) is 29.6 Å². The number of amides is 1. The van der Waals surface area contributed by atoms with Gasteiger partial charge in [-0.2, -0.15) is 0 Å². The summed E-state index contributed by atoms with van der Waals surface area (Å²) in [6, 6.07) is 5.42. The first-order valence-electron chi connectivity index (χ1n) is 5.75. The number of carbonyl (C=O) groups is 1. The molecule has 0 radical (unpaired) electrons. The maximum absolute atomic E-state index is 11.2. The van der Waals surface area contributed by atoms with E-state index < -0.39 is 5.91 Å². The molecule has 17 heavy (non-hydrogen) atoms. The van der Waals surface area contributed by atoms with Crippen molar-refractivity contribution in [2.45, 2.75) is 19.5 Å². The number of benzene rings is 1. The van der Waals surface area contributed by atoms with Gasteiger partial charge in [0.05, 0.1) is 17.6 Å². The van der Waals surface area contributed by atoms with Gasteiger partial charge in [-0.3, -0.25) is 4.79 Å². The molecule has 1 aromatic heterocycles. The number of fused-ring (bicyclic) bond motifs is 3. The van der Waals surface area contributed by atoms with Gasteiger partial charge >= 0.3 is 0 Å². The molecule has 5 heteroatoms.